The molecule has 0 saturated heterocycles. The number of hydrogen-bond donors (Lipinski definition) is 1. The van der Waals surface area contributed by atoms with Crippen molar-refractivity contribution in [1.82, 2.24) is 5.32 Å². The van der Waals surface area contributed by atoms with Crippen LogP contribution in [0.2, 0.25) is 10.0 Å². The third-order valence-corrected chi connectivity index (χ3v) is 8.13. The number of thioether (sulfide) groups is 1. The van der Waals surface area contributed by atoms with Crippen LogP contribution in [0.15, 0.2) is 82.6 Å². The number of benzene rings is 3. The van der Waals surface area contributed by atoms with E-state index >= 15 is 0 Å². The fraction of sp³-hybridized carbons (Fsp3) is 0.208. The van der Waals surface area contributed by atoms with Crippen LogP contribution in [0.3, 0.4) is 0 Å². The number of nitrogens with zero attached hydrogens (tertiary/aromatic N) is 1. The summed E-state index contributed by atoms with van der Waals surface area (Å²) in [4.78, 5) is 13.8. The Labute approximate surface area is 209 Å². The molecular weight excluding hydrogens is 499 g/mol. The van der Waals surface area contributed by atoms with Crippen molar-refractivity contribution in [2.24, 2.45) is 0 Å². The number of hydrogen-bond acceptors (Lipinski definition) is 4. The molecule has 0 spiro atoms. The second kappa shape index (κ2) is 11.8. The second-order valence-corrected chi connectivity index (χ2v) is 11.2. The van der Waals surface area contributed by atoms with Gasteiger partial charge in [0.25, 0.3) is 10.0 Å². The van der Waals surface area contributed by atoms with Crippen LogP contribution < -0.4 is 9.62 Å². The number of aryl methyl sites for hydroxylation is 1. The molecule has 0 radical (unpaired) electrons. The van der Waals surface area contributed by atoms with E-state index in [0.29, 0.717) is 22.3 Å². The lowest BCUT2D eigenvalue weighted by atomic mass is 10.2. The van der Waals surface area contributed by atoms with Gasteiger partial charge < -0.3 is 5.32 Å². The van der Waals surface area contributed by atoms with Gasteiger partial charge in [-0.2, -0.15) is 0 Å². The average molecular weight is 524 g/mol. The van der Waals surface area contributed by atoms with Crippen molar-refractivity contribution in [2.75, 3.05) is 23.1 Å². The summed E-state index contributed by atoms with van der Waals surface area (Å²) in [6, 6.07) is 20.5. The molecule has 33 heavy (non-hydrogen) atoms. The molecule has 0 heterocycles. The van der Waals surface area contributed by atoms with Gasteiger partial charge in [-0.05, 0) is 79.8 Å². The minimum Gasteiger partial charge on any atom is -0.354 e. The number of nitrogens with one attached hydrogen (secondary N) is 1. The van der Waals surface area contributed by atoms with Crippen LogP contribution in [0.4, 0.5) is 5.69 Å². The van der Waals surface area contributed by atoms with E-state index < -0.39 is 10.0 Å². The highest BCUT2D eigenvalue weighted by molar-refractivity contribution is 7.99. The number of carbonyl (C=O) groups excluding carboxylic acids is 1. The van der Waals surface area contributed by atoms with Gasteiger partial charge in [0, 0.05) is 21.5 Å². The van der Waals surface area contributed by atoms with Crippen molar-refractivity contribution in [1.29, 1.82) is 0 Å². The first kappa shape index (κ1) is 25.4. The number of rotatable bonds is 10. The molecular formula is C24H24Cl2N2O3S2. The lowest BCUT2D eigenvalue weighted by Crippen LogP contribution is -2.41. The van der Waals surface area contributed by atoms with Gasteiger partial charge in [0.2, 0.25) is 5.91 Å². The van der Waals surface area contributed by atoms with E-state index in [0.717, 1.165) is 26.9 Å². The highest BCUT2D eigenvalue weighted by Gasteiger charge is 2.27. The standard InChI is InChI=1S/C24H24Cl2N2O3S2/c1-18-3-9-21(10-4-18)28(33(30,31)23-13-7-20(26)8-14-23)17-24(29)27-15-2-16-32-22-11-5-19(25)6-12-22/h3-14H,2,15-17H2,1H3,(H,27,29). The van der Waals surface area contributed by atoms with E-state index in [2.05, 4.69) is 5.32 Å². The largest absolute Gasteiger partial charge is 0.354 e. The maximum Gasteiger partial charge on any atom is 0.264 e. The lowest BCUT2D eigenvalue weighted by molar-refractivity contribution is -0.119. The normalized spacial score (nSPS) is 11.2. The Kier molecular flexibility index (Phi) is 9.09. The highest BCUT2D eigenvalue weighted by atomic mass is 35.5. The van der Waals surface area contributed by atoms with Crippen molar-refractivity contribution in [2.45, 2.75) is 23.1 Å². The molecule has 3 aromatic carbocycles. The van der Waals surface area contributed by atoms with Gasteiger partial charge >= 0.3 is 0 Å². The third kappa shape index (κ3) is 7.40. The van der Waals surface area contributed by atoms with Crippen molar-refractivity contribution < 1.29 is 13.2 Å². The van der Waals surface area contributed by atoms with E-state index in [-0.39, 0.29) is 17.3 Å². The molecule has 1 amide bonds. The molecule has 0 atom stereocenters. The van der Waals surface area contributed by atoms with Gasteiger partial charge in [-0.25, -0.2) is 8.42 Å². The molecule has 0 aliphatic carbocycles. The highest BCUT2D eigenvalue weighted by Crippen LogP contribution is 2.25. The van der Waals surface area contributed by atoms with Crippen LogP contribution in [0, 0.1) is 6.92 Å². The quantitative estimate of drug-likeness (QED) is 0.270. The van der Waals surface area contributed by atoms with Gasteiger partial charge in [-0.3, -0.25) is 9.10 Å². The van der Waals surface area contributed by atoms with Crippen LogP contribution >= 0.6 is 35.0 Å². The molecule has 9 heteroatoms. The van der Waals surface area contributed by atoms with Gasteiger partial charge in [-0.15, -0.1) is 11.8 Å². The van der Waals surface area contributed by atoms with Crippen molar-refractivity contribution >= 4 is 56.6 Å². The van der Waals surface area contributed by atoms with Crippen molar-refractivity contribution in [3.8, 4) is 0 Å². The zero-order chi connectivity index (χ0) is 23.8. The molecule has 1 N–H and O–H groups in total. The summed E-state index contributed by atoms with van der Waals surface area (Å²) in [5, 5.41) is 3.95. The molecule has 3 rings (SSSR count). The fourth-order valence-corrected chi connectivity index (χ4v) is 5.49. The zero-order valence-electron chi connectivity index (χ0n) is 18.0. The number of amides is 1. The Bertz CT molecular complexity index is 1170. The number of sulfonamides is 1. The Balaban J connectivity index is 1.63. The molecule has 0 aliphatic rings. The molecule has 5 nitrogen and oxygen atoms in total. The van der Waals surface area contributed by atoms with Crippen LogP contribution in [0.25, 0.3) is 0 Å². The Morgan fingerprint density at radius 2 is 1.48 bits per heavy atom. The predicted molar refractivity (Wildman–Crippen MR) is 137 cm³/mol. The van der Waals surface area contributed by atoms with Gasteiger partial charge in [0.1, 0.15) is 6.54 Å². The molecule has 3 aromatic rings. The summed E-state index contributed by atoms with van der Waals surface area (Å²) in [5.41, 5.74) is 1.41. The van der Waals surface area contributed by atoms with Crippen molar-refractivity contribution in [3.05, 3.63) is 88.4 Å². The second-order valence-electron chi connectivity index (χ2n) is 7.31. The van der Waals surface area contributed by atoms with E-state index in [4.69, 9.17) is 23.2 Å². The maximum absolute atomic E-state index is 13.3. The summed E-state index contributed by atoms with van der Waals surface area (Å²) in [7, 11) is -3.95. The molecule has 0 saturated carbocycles. The van der Waals surface area contributed by atoms with Crippen LogP contribution in [-0.4, -0.2) is 33.2 Å². The SMILES string of the molecule is Cc1ccc(N(CC(=O)NCCCSc2ccc(Cl)cc2)S(=O)(=O)c2ccc(Cl)cc2)cc1. The van der Waals surface area contributed by atoms with Crippen molar-refractivity contribution in [3.63, 3.8) is 0 Å². The van der Waals surface area contributed by atoms with E-state index in [1.54, 1.807) is 23.9 Å². The summed E-state index contributed by atoms with van der Waals surface area (Å²) in [5.74, 6) is 0.441. The lowest BCUT2D eigenvalue weighted by Gasteiger charge is -2.24. The Morgan fingerprint density at radius 1 is 0.909 bits per heavy atom. The number of anilines is 1. The molecule has 0 fully saturated rings. The smallest absolute Gasteiger partial charge is 0.264 e. The fourth-order valence-electron chi connectivity index (χ4n) is 2.97. The van der Waals surface area contributed by atoms with Crippen LogP contribution in [0.1, 0.15) is 12.0 Å². The third-order valence-electron chi connectivity index (χ3n) is 4.74. The van der Waals surface area contributed by atoms with Crippen LogP contribution in [-0.2, 0) is 14.8 Å². The van der Waals surface area contributed by atoms with E-state index in [1.165, 1.54) is 24.3 Å². The Hall–Kier alpha value is -2.19. The van der Waals surface area contributed by atoms with Gasteiger partial charge in [0.05, 0.1) is 10.6 Å². The zero-order valence-corrected chi connectivity index (χ0v) is 21.1. The molecule has 0 aromatic heterocycles. The predicted octanol–water partition coefficient (Wildman–Crippen LogP) is 5.80. The number of halogens is 2. The number of carbonyl (C=O) groups is 1. The first-order valence-corrected chi connectivity index (χ1v) is 13.4. The minimum absolute atomic E-state index is 0.0691. The summed E-state index contributed by atoms with van der Waals surface area (Å²) < 4.78 is 27.7. The van der Waals surface area contributed by atoms with E-state index in [1.807, 2.05) is 43.3 Å². The summed E-state index contributed by atoms with van der Waals surface area (Å²) >= 11 is 13.5. The van der Waals surface area contributed by atoms with Gasteiger partial charge in [0.15, 0.2) is 0 Å². The van der Waals surface area contributed by atoms with E-state index in [9.17, 15) is 13.2 Å². The first-order chi connectivity index (χ1) is 15.8. The molecule has 0 bridgehead atoms. The Morgan fingerprint density at radius 3 is 2.09 bits per heavy atom. The first-order valence-electron chi connectivity index (χ1n) is 10.3. The maximum atomic E-state index is 13.3. The molecule has 174 valence electrons. The minimum atomic E-state index is -3.95. The molecule has 0 aliphatic heterocycles. The van der Waals surface area contributed by atoms with Crippen LogP contribution in [0.5, 0.6) is 0 Å². The van der Waals surface area contributed by atoms with Gasteiger partial charge in [-0.1, -0.05) is 40.9 Å². The summed E-state index contributed by atoms with van der Waals surface area (Å²) in [6.07, 6.45) is 0.744. The monoisotopic (exact) mass is 522 g/mol. The molecule has 0 unspecified atom stereocenters. The average Bonchev–Trinajstić information content (AvgIpc) is 2.79. The summed E-state index contributed by atoms with van der Waals surface area (Å²) in [6.45, 7) is 2.04. The topological polar surface area (TPSA) is 66.5 Å².